The third kappa shape index (κ3) is 5.45. The molecule has 0 bridgehead atoms. The largest absolute Gasteiger partial charge is 0.478 e. The minimum Gasteiger partial charge on any atom is -0.478 e. The minimum atomic E-state index is -0.917. The molecule has 1 aromatic carbocycles. The number of carboxylic acids is 1. The van der Waals surface area contributed by atoms with E-state index in [1.807, 2.05) is 56.3 Å². The Balaban J connectivity index is 2.86. The van der Waals surface area contributed by atoms with Gasteiger partial charge in [-0.3, -0.25) is 0 Å². The van der Waals surface area contributed by atoms with Gasteiger partial charge < -0.3 is 5.11 Å². The van der Waals surface area contributed by atoms with Crippen LogP contribution in [0.4, 0.5) is 0 Å². The van der Waals surface area contributed by atoms with Crippen molar-refractivity contribution in [1.29, 1.82) is 0 Å². The predicted molar refractivity (Wildman–Crippen MR) is 84.1 cm³/mol. The Hall–Kier alpha value is -1.80. The second kappa shape index (κ2) is 8.39. The average molecular weight is 291 g/mol. The van der Waals surface area contributed by atoms with Gasteiger partial charge in [-0.1, -0.05) is 42.0 Å². The molecule has 0 spiro atoms. The Labute approximate surface area is 125 Å². The first-order valence-corrected chi connectivity index (χ1v) is 6.92. The van der Waals surface area contributed by atoms with E-state index in [1.54, 1.807) is 0 Å². The maximum absolute atomic E-state index is 10.9. The fourth-order valence-electron chi connectivity index (χ4n) is 1.95. The summed E-state index contributed by atoms with van der Waals surface area (Å²) >= 11 is 5.85. The van der Waals surface area contributed by atoms with Gasteiger partial charge in [0.1, 0.15) is 0 Å². The highest BCUT2D eigenvalue weighted by Crippen LogP contribution is 2.19. The number of carbonyl (C=O) groups is 1. The van der Waals surface area contributed by atoms with Crippen molar-refractivity contribution in [3.8, 4) is 0 Å². The van der Waals surface area contributed by atoms with Crippen molar-refractivity contribution in [2.24, 2.45) is 0 Å². The van der Waals surface area contributed by atoms with E-state index in [2.05, 4.69) is 0 Å². The van der Waals surface area contributed by atoms with Crippen molar-refractivity contribution in [1.82, 2.24) is 0 Å². The molecule has 0 atom stereocenters. The zero-order valence-electron chi connectivity index (χ0n) is 11.8. The first kappa shape index (κ1) is 16.3. The zero-order chi connectivity index (χ0) is 15.0. The number of halogens is 1. The van der Waals surface area contributed by atoms with Crippen LogP contribution in [0.25, 0.3) is 0 Å². The predicted octanol–water partition coefficient (Wildman–Crippen LogP) is 4.81. The summed E-state index contributed by atoms with van der Waals surface area (Å²) in [6.07, 6.45) is 8.51. The van der Waals surface area contributed by atoms with Gasteiger partial charge in [0.25, 0.3) is 0 Å². The monoisotopic (exact) mass is 290 g/mol. The highest BCUT2D eigenvalue weighted by molar-refractivity contribution is 6.30. The van der Waals surface area contributed by atoms with Crippen molar-refractivity contribution in [3.05, 3.63) is 70.3 Å². The standard InChI is InChI=1S/C17H19ClO2/c1-3-5-14(4-2)15(12-17(19)20)9-6-13-7-10-16(18)11-8-13/h3-5,7-8,10-12H,6,9H2,1-2H3,(H,19,20)/b5-3-,14-4+,15-12-. The highest BCUT2D eigenvalue weighted by Gasteiger charge is 2.05. The van der Waals surface area contributed by atoms with Crippen molar-refractivity contribution < 1.29 is 9.90 Å². The van der Waals surface area contributed by atoms with Gasteiger partial charge in [0.05, 0.1) is 0 Å². The van der Waals surface area contributed by atoms with E-state index >= 15 is 0 Å². The number of hydrogen-bond acceptors (Lipinski definition) is 1. The van der Waals surface area contributed by atoms with E-state index in [9.17, 15) is 4.79 Å². The van der Waals surface area contributed by atoms with Crippen LogP contribution >= 0.6 is 11.6 Å². The summed E-state index contributed by atoms with van der Waals surface area (Å²) in [7, 11) is 0. The van der Waals surface area contributed by atoms with E-state index in [1.165, 1.54) is 6.08 Å². The van der Waals surface area contributed by atoms with Crippen molar-refractivity contribution in [3.63, 3.8) is 0 Å². The molecular weight excluding hydrogens is 272 g/mol. The summed E-state index contributed by atoms with van der Waals surface area (Å²) in [5.41, 5.74) is 2.92. The number of hydrogen-bond donors (Lipinski definition) is 1. The summed E-state index contributed by atoms with van der Waals surface area (Å²) < 4.78 is 0. The third-order valence-electron chi connectivity index (χ3n) is 2.92. The molecule has 0 saturated heterocycles. The lowest BCUT2D eigenvalue weighted by Crippen LogP contribution is -1.97. The topological polar surface area (TPSA) is 37.3 Å². The fraction of sp³-hybridized carbons (Fsp3) is 0.235. The lowest BCUT2D eigenvalue weighted by molar-refractivity contribution is -0.131. The molecule has 0 aliphatic heterocycles. The Morgan fingerprint density at radius 3 is 2.40 bits per heavy atom. The molecule has 20 heavy (non-hydrogen) atoms. The summed E-state index contributed by atoms with van der Waals surface area (Å²) in [6.45, 7) is 3.83. The lowest BCUT2D eigenvalue weighted by atomic mass is 9.97. The lowest BCUT2D eigenvalue weighted by Gasteiger charge is -2.08. The van der Waals surface area contributed by atoms with E-state index in [0.717, 1.165) is 23.1 Å². The van der Waals surface area contributed by atoms with Gasteiger partial charge in [-0.2, -0.15) is 0 Å². The first-order chi connectivity index (χ1) is 9.56. The quantitative estimate of drug-likeness (QED) is 0.603. The van der Waals surface area contributed by atoms with Crippen molar-refractivity contribution in [2.45, 2.75) is 26.7 Å². The summed E-state index contributed by atoms with van der Waals surface area (Å²) in [4.78, 5) is 10.9. The molecule has 3 heteroatoms. The number of carboxylic acid groups (broad SMARTS) is 1. The summed E-state index contributed by atoms with van der Waals surface area (Å²) in [5.74, 6) is -0.917. The van der Waals surface area contributed by atoms with Crippen molar-refractivity contribution >= 4 is 17.6 Å². The maximum Gasteiger partial charge on any atom is 0.328 e. The molecule has 0 fully saturated rings. The Morgan fingerprint density at radius 1 is 1.25 bits per heavy atom. The SMILES string of the molecule is C\C=C/C(=C\C)C(=C\C(=O)O)/CCc1ccc(Cl)cc1. The maximum atomic E-state index is 10.9. The normalized spacial score (nSPS) is 12.9. The van der Waals surface area contributed by atoms with Gasteiger partial charge in [-0.25, -0.2) is 4.79 Å². The van der Waals surface area contributed by atoms with E-state index < -0.39 is 5.97 Å². The van der Waals surface area contributed by atoms with Crippen LogP contribution in [-0.2, 0) is 11.2 Å². The molecule has 0 heterocycles. The molecule has 0 aromatic heterocycles. The average Bonchev–Trinajstić information content (AvgIpc) is 2.42. The summed E-state index contributed by atoms with van der Waals surface area (Å²) in [5, 5.41) is 9.69. The van der Waals surface area contributed by atoms with Crippen LogP contribution in [0.1, 0.15) is 25.8 Å². The molecule has 0 amide bonds. The second-order valence-corrected chi connectivity index (χ2v) is 4.81. The Bertz CT molecular complexity index is 537. The molecule has 0 unspecified atom stereocenters. The Kier molecular flexibility index (Phi) is 6.82. The minimum absolute atomic E-state index is 0.679. The number of rotatable bonds is 6. The van der Waals surface area contributed by atoms with Crippen LogP contribution in [0, 0.1) is 0 Å². The summed E-state index contributed by atoms with van der Waals surface area (Å²) in [6, 6.07) is 7.62. The molecule has 0 aliphatic carbocycles. The Morgan fingerprint density at radius 2 is 1.90 bits per heavy atom. The van der Waals surface area contributed by atoms with E-state index in [0.29, 0.717) is 11.4 Å². The number of aryl methyl sites for hydroxylation is 1. The number of benzene rings is 1. The molecule has 1 N–H and O–H groups in total. The molecular formula is C17H19ClO2. The fourth-order valence-corrected chi connectivity index (χ4v) is 2.07. The van der Waals surface area contributed by atoms with Gasteiger partial charge >= 0.3 is 5.97 Å². The second-order valence-electron chi connectivity index (χ2n) is 4.38. The molecule has 0 saturated carbocycles. The molecule has 106 valence electrons. The molecule has 1 aromatic rings. The van der Waals surface area contributed by atoms with E-state index in [-0.39, 0.29) is 0 Å². The van der Waals surface area contributed by atoms with Crippen LogP contribution in [0.3, 0.4) is 0 Å². The molecule has 2 nitrogen and oxygen atoms in total. The van der Waals surface area contributed by atoms with Crippen LogP contribution in [0.5, 0.6) is 0 Å². The van der Waals surface area contributed by atoms with Crippen LogP contribution in [0.2, 0.25) is 5.02 Å². The van der Waals surface area contributed by atoms with Crippen LogP contribution in [-0.4, -0.2) is 11.1 Å². The third-order valence-corrected chi connectivity index (χ3v) is 3.17. The zero-order valence-corrected chi connectivity index (χ0v) is 12.5. The van der Waals surface area contributed by atoms with Gasteiger partial charge in [0.2, 0.25) is 0 Å². The van der Waals surface area contributed by atoms with Crippen LogP contribution < -0.4 is 0 Å². The van der Waals surface area contributed by atoms with E-state index in [4.69, 9.17) is 16.7 Å². The van der Waals surface area contributed by atoms with Gasteiger partial charge in [-0.05, 0) is 55.5 Å². The van der Waals surface area contributed by atoms with Crippen molar-refractivity contribution in [2.75, 3.05) is 0 Å². The highest BCUT2D eigenvalue weighted by atomic mass is 35.5. The van der Waals surface area contributed by atoms with Gasteiger partial charge in [0.15, 0.2) is 0 Å². The number of aliphatic carboxylic acids is 1. The molecule has 1 rings (SSSR count). The smallest absolute Gasteiger partial charge is 0.328 e. The molecule has 0 radical (unpaired) electrons. The van der Waals surface area contributed by atoms with Gasteiger partial charge in [-0.15, -0.1) is 0 Å². The van der Waals surface area contributed by atoms with Gasteiger partial charge in [0, 0.05) is 11.1 Å². The number of allylic oxidation sites excluding steroid dienone is 5. The molecule has 0 aliphatic rings. The first-order valence-electron chi connectivity index (χ1n) is 6.54. The van der Waals surface area contributed by atoms with Crippen LogP contribution in [0.15, 0.2) is 59.7 Å².